The molecule has 0 bridgehead atoms. The van der Waals surface area contributed by atoms with Gasteiger partial charge in [-0.25, -0.2) is 4.79 Å². The van der Waals surface area contributed by atoms with Crippen LogP contribution in [0.4, 0.5) is 27.6 Å². The van der Waals surface area contributed by atoms with E-state index in [4.69, 9.17) is 4.55 Å². The van der Waals surface area contributed by atoms with Gasteiger partial charge in [0.15, 0.2) is 0 Å². The quantitative estimate of drug-likeness (QED) is 0.482. The highest BCUT2D eigenvalue weighted by Crippen LogP contribution is 2.38. The van der Waals surface area contributed by atoms with Crippen molar-refractivity contribution in [3.63, 3.8) is 0 Å². The summed E-state index contributed by atoms with van der Waals surface area (Å²) in [5.41, 5.74) is 0.0446. The molecule has 0 heterocycles. The smallest absolute Gasteiger partial charge is 0.432 e. The van der Waals surface area contributed by atoms with Crippen LogP contribution in [0.3, 0.4) is 0 Å². The number of hydrogen-bond donors (Lipinski definition) is 1. The first-order valence-corrected chi connectivity index (χ1v) is 7.52. The van der Waals surface area contributed by atoms with E-state index in [-0.39, 0.29) is 0 Å². The number of hydrogen-bond acceptors (Lipinski definition) is 5. The monoisotopic (exact) mass is 377 g/mol. The summed E-state index contributed by atoms with van der Waals surface area (Å²) in [6, 6.07) is 4.63. The van der Waals surface area contributed by atoms with Crippen molar-refractivity contribution in [2.75, 3.05) is 19.0 Å². The Hall–Kier alpha value is -1.95. The molecule has 1 aromatic rings. The highest BCUT2D eigenvalue weighted by molar-refractivity contribution is 7.86. The zero-order chi connectivity index (χ0) is 18.9. The van der Waals surface area contributed by atoms with Crippen LogP contribution < -0.4 is 4.90 Å². The third-order valence-electron chi connectivity index (χ3n) is 2.79. The summed E-state index contributed by atoms with van der Waals surface area (Å²) in [6.45, 7) is 0. The minimum Gasteiger partial charge on any atom is -0.441 e. The van der Waals surface area contributed by atoms with Gasteiger partial charge in [0, 0.05) is 19.8 Å². The molecular formula is C12H12F5NO5S. The fourth-order valence-electron chi connectivity index (χ4n) is 1.53. The zero-order valence-corrected chi connectivity index (χ0v) is 13.0. The number of carbonyl (C=O) groups is 1. The fraction of sp³-hybridized carbons (Fsp3) is 0.417. The van der Waals surface area contributed by atoms with Crippen molar-refractivity contribution in [1.82, 2.24) is 0 Å². The van der Waals surface area contributed by atoms with E-state index in [1.54, 1.807) is 19.0 Å². The average molecular weight is 377 g/mol. The van der Waals surface area contributed by atoms with Gasteiger partial charge in [-0.05, 0) is 24.3 Å². The molecule has 0 saturated carbocycles. The van der Waals surface area contributed by atoms with Gasteiger partial charge in [0.05, 0.1) is 5.56 Å². The van der Waals surface area contributed by atoms with E-state index in [1.165, 1.54) is 12.1 Å². The van der Waals surface area contributed by atoms with Crippen LogP contribution in [0.15, 0.2) is 24.3 Å². The molecule has 0 fully saturated rings. The van der Waals surface area contributed by atoms with Crippen LogP contribution in [0.2, 0.25) is 0 Å². The van der Waals surface area contributed by atoms with Gasteiger partial charge in [0.25, 0.3) is 6.10 Å². The fourth-order valence-corrected chi connectivity index (χ4v) is 1.98. The number of nitrogens with zero attached hydrogens (tertiary/aromatic N) is 1. The first-order valence-electron chi connectivity index (χ1n) is 6.08. The molecule has 0 amide bonds. The molecule has 0 aromatic heterocycles. The predicted molar refractivity (Wildman–Crippen MR) is 72.5 cm³/mol. The van der Waals surface area contributed by atoms with Gasteiger partial charge >= 0.3 is 27.5 Å². The maximum Gasteiger partial charge on any atom is 0.432 e. The van der Waals surface area contributed by atoms with Gasteiger partial charge in [0.2, 0.25) is 0 Å². The zero-order valence-electron chi connectivity index (χ0n) is 12.2. The number of anilines is 1. The lowest BCUT2D eigenvalue weighted by atomic mass is 10.2. The molecule has 1 atom stereocenters. The maximum atomic E-state index is 13.3. The molecule has 1 aromatic carbocycles. The van der Waals surface area contributed by atoms with Crippen molar-refractivity contribution in [1.29, 1.82) is 0 Å². The second kappa shape index (κ2) is 6.51. The van der Waals surface area contributed by atoms with Crippen molar-refractivity contribution in [3.8, 4) is 0 Å². The van der Waals surface area contributed by atoms with Crippen molar-refractivity contribution >= 4 is 21.8 Å². The molecule has 1 unspecified atom stereocenters. The van der Waals surface area contributed by atoms with E-state index in [9.17, 15) is 35.2 Å². The van der Waals surface area contributed by atoms with Gasteiger partial charge in [-0.15, -0.1) is 0 Å². The van der Waals surface area contributed by atoms with Crippen LogP contribution in [0, 0.1) is 0 Å². The molecule has 0 aliphatic heterocycles. The van der Waals surface area contributed by atoms with Gasteiger partial charge in [0.1, 0.15) is 0 Å². The number of ether oxygens (including phenoxy) is 1. The maximum absolute atomic E-state index is 13.3. The Labute approximate surface area is 133 Å². The molecule has 136 valence electrons. The number of alkyl halides is 5. The summed E-state index contributed by atoms with van der Waals surface area (Å²) < 4.78 is 97.4. The van der Waals surface area contributed by atoms with E-state index in [0.717, 1.165) is 12.1 Å². The lowest BCUT2D eigenvalue weighted by Gasteiger charge is -2.26. The Morgan fingerprint density at radius 2 is 1.58 bits per heavy atom. The Balaban J connectivity index is 3.14. The van der Waals surface area contributed by atoms with Crippen molar-refractivity contribution in [2.45, 2.75) is 17.5 Å². The van der Waals surface area contributed by atoms with Crippen LogP contribution in [0.5, 0.6) is 0 Å². The van der Waals surface area contributed by atoms with E-state index in [2.05, 4.69) is 4.74 Å². The van der Waals surface area contributed by atoms with Crippen LogP contribution in [0.25, 0.3) is 0 Å². The Morgan fingerprint density at radius 1 is 1.12 bits per heavy atom. The number of carbonyl (C=O) groups excluding carboxylic acids is 1. The largest absolute Gasteiger partial charge is 0.441 e. The molecule has 6 nitrogen and oxygen atoms in total. The molecule has 0 spiro atoms. The van der Waals surface area contributed by atoms with Crippen molar-refractivity contribution in [2.24, 2.45) is 0 Å². The Kier molecular flexibility index (Phi) is 5.45. The topological polar surface area (TPSA) is 83.9 Å². The first kappa shape index (κ1) is 20.1. The summed E-state index contributed by atoms with van der Waals surface area (Å²) >= 11 is 0. The highest BCUT2D eigenvalue weighted by Gasteiger charge is 2.66. The van der Waals surface area contributed by atoms with E-state index < -0.39 is 39.2 Å². The molecule has 1 rings (SSSR count). The third kappa shape index (κ3) is 4.32. The summed E-state index contributed by atoms with van der Waals surface area (Å²) in [5.74, 6) is -1.83. The lowest BCUT2D eigenvalue weighted by molar-refractivity contribution is -0.248. The van der Waals surface area contributed by atoms with Gasteiger partial charge in [-0.3, -0.25) is 4.55 Å². The third-order valence-corrected chi connectivity index (χ3v) is 3.69. The average Bonchev–Trinajstić information content (AvgIpc) is 2.41. The molecule has 24 heavy (non-hydrogen) atoms. The van der Waals surface area contributed by atoms with E-state index in [0.29, 0.717) is 5.69 Å². The SMILES string of the molecule is CN(C)c1ccc(C(=O)OC(C(F)(F)F)C(F)(F)S(=O)(=O)O)cc1. The first-order chi connectivity index (χ1) is 10.7. The molecule has 1 N–H and O–H groups in total. The normalized spacial score (nSPS) is 14.2. The van der Waals surface area contributed by atoms with Crippen molar-refractivity contribution in [3.05, 3.63) is 29.8 Å². The minimum absolute atomic E-state index is 0.513. The molecule has 0 radical (unpaired) electrons. The number of benzene rings is 1. The summed E-state index contributed by atoms with van der Waals surface area (Å²) in [7, 11) is -3.19. The number of halogens is 5. The summed E-state index contributed by atoms with van der Waals surface area (Å²) in [4.78, 5) is 13.2. The molecule has 0 saturated heterocycles. The summed E-state index contributed by atoms with van der Waals surface area (Å²) in [5, 5.41) is -5.76. The Bertz CT molecular complexity index is 700. The minimum atomic E-state index is -6.47. The van der Waals surface area contributed by atoms with Crippen LogP contribution in [-0.2, 0) is 14.9 Å². The molecule has 0 aliphatic carbocycles. The van der Waals surface area contributed by atoms with Crippen LogP contribution in [-0.4, -0.2) is 50.6 Å². The standard InChI is InChI=1S/C12H12F5NO5S/c1-18(2)8-5-3-7(4-6-8)9(19)23-10(11(13,14)15)12(16,17)24(20,21)22/h3-6,10H,1-2H3,(H,20,21,22). The van der Waals surface area contributed by atoms with Gasteiger partial charge in [-0.2, -0.15) is 30.4 Å². The molecular weight excluding hydrogens is 365 g/mol. The van der Waals surface area contributed by atoms with Crippen LogP contribution >= 0.6 is 0 Å². The second-order valence-corrected chi connectivity index (χ2v) is 6.30. The van der Waals surface area contributed by atoms with Crippen LogP contribution in [0.1, 0.15) is 10.4 Å². The van der Waals surface area contributed by atoms with E-state index in [1.807, 2.05) is 0 Å². The summed E-state index contributed by atoms with van der Waals surface area (Å²) in [6.07, 6.45) is -10.3. The molecule has 0 aliphatic rings. The highest BCUT2D eigenvalue weighted by atomic mass is 32.2. The number of esters is 1. The van der Waals surface area contributed by atoms with Crippen molar-refractivity contribution < 1.29 is 44.5 Å². The van der Waals surface area contributed by atoms with Gasteiger partial charge in [-0.1, -0.05) is 0 Å². The predicted octanol–water partition coefficient (Wildman–Crippen LogP) is 2.32. The lowest BCUT2D eigenvalue weighted by Crippen LogP contribution is -2.52. The second-order valence-electron chi connectivity index (χ2n) is 4.81. The Morgan fingerprint density at radius 3 is 1.92 bits per heavy atom. The molecule has 12 heteroatoms. The van der Waals surface area contributed by atoms with E-state index >= 15 is 0 Å². The van der Waals surface area contributed by atoms with Gasteiger partial charge < -0.3 is 9.64 Å². The number of rotatable bonds is 5.